The highest BCUT2D eigenvalue weighted by Gasteiger charge is 2.08. The molecule has 0 aliphatic carbocycles. The summed E-state index contributed by atoms with van der Waals surface area (Å²) in [6, 6.07) is 5.70. The number of methoxy groups -OCH3 is 1. The second kappa shape index (κ2) is 10.9. The summed E-state index contributed by atoms with van der Waals surface area (Å²) in [6.45, 7) is 8.22. The second-order valence-corrected chi connectivity index (χ2v) is 5.61. The molecule has 21 heavy (non-hydrogen) atoms. The first kappa shape index (κ1) is 18.2. The smallest absolute Gasteiger partial charge is 0.125 e. The molecule has 1 N–H and O–H groups in total. The van der Waals surface area contributed by atoms with E-state index < -0.39 is 0 Å². The van der Waals surface area contributed by atoms with E-state index in [0.717, 1.165) is 24.5 Å². The summed E-state index contributed by atoms with van der Waals surface area (Å²) >= 11 is 6.24. The van der Waals surface area contributed by atoms with Crippen molar-refractivity contribution in [3.63, 3.8) is 0 Å². The van der Waals surface area contributed by atoms with Gasteiger partial charge in [0.25, 0.3) is 0 Å². The van der Waals surface area contributed by atoms with Gasteiger partial charge in [0.05, 0.1) is 13.2 Å². The van der Waals surface area contributed by atoms with Crippen LogP contribution in [0.1, 0.15) is 19.4 Å². The summed E-state index contributed by atoms with van der Waals surface area (Å²) in [5.41, 5.74) is 0.971. The molecule has 0 aromatic heterocycles. The van der Waals surface area contributed by atoms with Crippen molar-refractivity contribution < 1.29 is 14.2 Å². The molecular formula is C16H26ClNO3. The topological polar surface area (TPSA) is 39.7 Å². The number of rotatable bonds is 11. The molecule has 0 atom stereocenters. The monoisotopic (exact) mass is 315 g/mol. The van der Waals surface area contributed by atoms with E-state index in [4.69, 9.17) is 25.8 Å². The molecule has 0 spiro atoms. The van der Waals surface area contributed by atoms with E-state index in [9.17, 15) is 0 Å². The summed E-state index contributed by atoms with van der Waals surface area (Å²) in [5, 5.41) is 3.99. The van der Waals surface area contributed by atoms with Gasteiger partial charge in [0.15, 0.2) is 0 Å². The quantitative estimate of drug-likeness (QED) is 0.637. The molecule has 120 valence electrons. The van der Waals surface area contributed by atoms with Gasteiger partial charge in [-0.05, 0) is 18.1 Å². The maximum absolute atomic E-state index is 6.24. The van der Waals surface area contributed by atoms with Crippen LogP contribution in [-0.2, 0) is 16.0 Å². The summed E-state index contributed by atoms with van der Waals surface area (Å²) in [6.07, 6.45) is 0. The molecule has 0 amide bonds. The van der Waals surface area contributed by atoms with Gasteiger partial charge in [-0.15, -0.1) is 0 Å². The predicted octanol–water partition coefficient (Wildman–Crippen LogP) is 3.13. The first-order chi connectivity index (χ1) is 10.1. The number of hydrogen-bond donors (Lipinski definition) is 1. The summed E-state index contributed by atoms with van der Waals surface area (Å²) < 4.78 is 16.3. The Labute approximate surface area is 132 Å². The van der Waals surface area contributed by atoms with E-state index in [2.05, 4.69) is 19.2 Å². The van der Waals surface area contributed by atoms with Crippen molar-refractivity contribution in [3.05, 3.63) is 28.8 Å². The van der Waals surface area contributed by atoms with Crippen LogP contribution in [0.2, 0.25) is 5.02 Å². The lowest BCUT2D eigenvalue weighted by molar-refractivity contribution is 0.0816. The molecule has 0 bridgehead atoms. The van der Waals surface area contributed by atoms with E-state index >= 15 is 0 Å². The molecule has 0 aliphatic heterocycles. The van der Waals surface area contributed by atoms with E-state index in [-0.39, 0.29) is 0 Å². The minimum Gasteiger partial charge on any atom is -0.491 e. The molecule has 0 saturated heterocycles. The van der Waals surface area contributed by atoms with Crippen molar-refractivity contribution in [3.8, 4) is 5.75 Å². The third kappa shape index (κ3) is 7.67. The number of halogens is 1. The number of ether oxygens (including phenoxy) is 3. The first-order valence-electron chi connectivity index (χ1n) is 7.32. The minimum atomic E-state index is 0.526. The zero-order valence-corrected chi connectivity index (χ0v) is 13.9. The average molecular weight is 316 g/mol. The molecule has 0 heterocycles. The lowest BCUT2D eigenvalue weighted by Gasteiger charge is -2.14. The third-order valence-electron chi connectivity index (χ3n) is 2.80. The van der Waals surface area contributed by atoms with Gasteiger partial charge in [0, 0.05) is 37.4 Å². The van der Waals surface area contributed by atoms with Crippen molar-refractivity contribution in [2.45, 2.75) is 20.4 Å². The minimum absolute atomic E-state index is 0.526. The largest absolute Gasteiger partial charge is 0.491 e. The fraction of sp³-hybridized carbons (Fsp3) is 0.625. The van der Waals surface area contributed by atoms with Crippen LogP contribution in [0.4, 0.5) is 0 Å². The van der Waals surface area contributed by atoms with Crippen LogP contribution in [-0.4, -0.2) is 40.1 Å². The number of hydrogen-bond acceptors (Lipinski definition) is 4. The molecule has 0 radical (unpaired) electrons. The van der Waals surface area contributed by atoms with Crippen molar-refractivity contribution >= 4 is 11.6 Å². The summed E-state index contributed by atoms with van der Waals surface area (Å²) in [5.74, 6) is 1.34. The Balaban J connectivity index is 2.43. The molecular weight excluding hydrogens is 290 g/mol. The van der Waals surface area contributed by atoms with Gasteiger partial charge in [0.2, 0.25) is 0 Å². The van der Waals surface area contributed by atoms with Crippen LogP contribution in [0.15, 0.2) is 18.2 Å². The molecule has 0 aliphatic rings. The van der Waals surface area contributed by atoms with Crippen LogP contribution in [0.25, 0.3) is 0 Å². The Bertz CT molecular complexity index is 399. The van der Waals surface area contributed by atoms with Gasteiger partial charge >= 0.3 is 0 Å². The Kier molecular flexibility index (Phi) is 9.42. The van der Waals surface area contributed by atoms with Gasteiger partial charge in [-0.25, -0.2) is 0 Å². The Morgan fingerprint density at radius 2 is 2.00 bits per heavy atom. The highest BCUT2D eigenvalue weighted by atomic mass is 35.5. The van der Waals surface area contributed by atoms with Gasteiger partial charge < -0.3 is 19.5 Å². The van der Waals surface area contributed by atoms with Gasteiger partial charge in [-0.1, -0.05) is 31.5 Å². The molecule has 1 rings (SSSR count). The molecule has 0 fully saturated rings. The normalized spacial score (nSPS) is 11.1. The van der Waals surface area contributed by atoms with E-state index in [0.29, 0.717) is 37.3 Å². The molecule has 5 heteroatoms. The maximum Gasteiger partial charge on any atom is 0.125 e. The summed E-state index contributed by atoms with van der Waals surface area (Å²) in [7, 11) is 1.68. The van der Waals surface area contributed by atoms with Crippen molar-refractivity contribution in [2.24, 2.45) is 5.92 Å². The van der Waals surface area contributed by atoms with Crippen LogP contribution >= 0.6 is 11.6 Å². The lowest BCUT2D eigenvalue weighted by Crippen LogP contribution is -2.19. The lowest BCUT2D eigenvalue weighted by atomic mass is 10.2. The highest BCUT2D eigenvalue weighted by Crippen LogP contribution is 2.26. The van der Waals surface area contributed by atoms with Crippen LogP contribution < -0.4 is 10.1 Å². The van der Waals surface area contributed by atoms with Crippen LogP contribution in [0.3, 0.4) is 0 Å². The van der Waals surface area contributed by atoms with Crippen LogP contribution in [0, 0.1) is 5.92 Å². The third-order valence-corrected chi connectivity index (χ3v) is 3.15. The van der Waals surface area contributed by atoms with Crippen LogP contribution in [0.5, 0.6) is 5.75 Å². The molecule has 0 saturated carbocycles. The average Bonchev–Trinajstić information content (AvgIpc) is 2.45. The molecule has 4 nitrogen and oxygen atoms in total. The fourth-order valence-electron chi connectivity index (χ4n) is 1.76. The number of nitrogens with one attached hydrogen (secondary N) is 1. The van der Waals surface area contributed by atoms with Gasteiger partial charge in [0.1, 0.15) is 12.4 Å². The van der Waals surface area contributed by atoms with Crippen molar-refractivity contribution in [1.29, 1.82) is 0 Å². The SMILES string of the molecule is COCCNCc1c(Cl)cccc1OCCOCC(C)C. The Morgan fingerprint density at radius 3 is 2.71 bits per heavy atom. The first-order valence-corrected chi connectivity index (χ1v) is 7.70. The molecule has 0 unspecified atom stereocenters. The molecule has 1 aromatic rings. The Hall–Kier alpha value is -0.810. The van der Waals surface area contributed by atoms with Gasteiger partial charge in [-0.3, -0.25) is 0 Å². The van der Waals surface area contributed by atoms with E-state index in [1.165, 1.54) is 0 Å². The second-order valence-electron chi connectivity index (χ2n) is 5.20. The molecule has 1 aromatic carbocycles. The van der Waals surface area contributed by atoms with Crippen molar-refractivity contribution in [2.75, 3.05) is 40.1 Å². The zero-order valence-electron chi connectivity index (χ0n) is 13.2. The standard InChI is InChI=1S/C16H26ClNO3/c1-13(2)12-20-9-10-21-16-6-4-5-15(17)14(16)11-18-7-8-19-3/h4-6,13,18H,7-12H2,1-3H3. The van der Waals surface area contributed by atoms with Crippen molar-refractivity contribution in [1.82, 2.24) is 5.32 Å². The highest BCUT2D eigenvalue weighted by molar-refractivity contribution is 6.31. The predicted molar refractivity (Wildman–Crippen MR) is 86.2 cm³/mol. The summed E-state index contributed by atoms with van der Waals surface area (Å²) in [4.78, 5) is 0. The fourth-order valence-corrected chi connectivity index (χ4v) is 2.00. The number of benzene rings is 1. The zero-order chi connectivity index (χ0) is 15.5. The maximum atomic E-state index is 6.24. The van der Waals surface area contributed by atoms with Gasteiger partial charge in [-0.2, -0.15) is 0 Å². The van der Waals surface area contributed by atoms with E-state index in [1.54, 1.807) is 7.11 Å². The Morgan fingerprint density at radius 1 is 1.19 bits per heavy atom. The van der Waals surface area contributed by atoms with E-state index in [1.807, 2.05) is 18.2 Å².